The van der Waals surface area contributed by atoms with Crippen LogP contribution in [-0.2, 0) is 11.8 Å². The highest BCUT2D eigenvalue weighted by Crippen LogP contribution is 2.24. The zero-order valence-corrected chi connectivity index (χ0v) is 11.7. The predicted octanol–water partition coefficient (Wildman–Crippen LogP) is 3.67. The van der Waals surface area contributed by atoms with Crippen LogP contribution in [0, 0.1) is 12.3 Å². The smallest absolute Gasteiger partial charge is 0.133 e. The molecule has 0 saturated heterocycles. The molecule has 0 fully saturated rings. The van der Waals surface area contributed by atoms with Gasteiger partial charge in [-0.05, 0) is 24.3 Å². The largest absolute Gasteiger partial charge is 0.241 e. The summed E-state index contributed by atoms with van der Waals surface area (Å²) in [5.74, 6) is 0.942. The van der Waals surface area contributed by atoms with Crippen LogP contribution in [0.1, 0.15) is 58.6 Å². The standard InChI is InChI=1S/C14H24N2/c1-10-9-15-12(14(5,6)7)16-11(10)8-13(2,3)4/h9H,8H2,1-7H3. The van der Waals surface area contributed by atoms with Crippen molar-refractivity contribution in [3.05, 3.63) is 23.3 Å². The lowest BCUT2D eigenvalue weighted by Crippen LogP contribution is -2.19. The van der Waals surface area contributed by atoms with Crippen molar-refractivity contribution >= 4 is 0 Å². The fourth-order valence-electron chi connectivity index (χ4n) is 1.52. The summed E-state index contributed by atoms with van der Waals surface area (Å²) >= 11 is 0. The summed E-state index contributed by atoms with van der Waals surface area (Å²) < 4.78 is 0. The molecule has 1 rings (SSSR count). The zero-order chi connectivity index (χ0) is 12.6. The molecule has 0 amide bonds. The van der Waals surface area contributed by atoms with Gasteiger partial charge in [-0.25, -0.2) is 9.97 Å². The van der Waals surface area contributed by atoms with Crippen LogP contribution in [0.2, 0.25) is 0 Å². The highest BCUT2D eigenvalue weighted by atomic mass is 14.9. The van der Waals surface area contributed by atoms with Gasteiger partial charge in [0.25, 0.3) is 0 Å². The van der Waals surface area contributed by atoms with Crippen LogP contribution in [-0.4, -0.2) is 9.97 Å². The van der Waals surface area contributed by atoms with Crippen molar-refractivity contribution < 1.29 is 0 Å². The Labute approximate surface area is 99.5 Å². The summed E-state index contributed by atoms with van der Waals surface area (Å²) in [6.45, 7) is 15.3. The second-order valence-corrected chi connectivity index (χ2v) is 6.81. The summed E-state index contributed by atoms with van der Waals surface area (Å²) in [5, 5.41) is 0. The maximum atomic E-state index is 4.72. The van der Waals surface area contributed by atoms with E-state index < -0.39 is 0 Å². The molecule has 16 heavy (non-hydrogen) atoms. The van der Waals surface area contributed by atoms with Crippen LogP contribution in [0.25, 0.3) is 0 Å². The fourth-order valence-corrected chi connectivity index (χ4v) is 1.52. The molecule has 1 aromatic heterocycles. The van der Waals surface area contributed by atoms with E-state index in [0.29, 0.717) is 0 Å². The average molecular weight is 220 g/mol. The minimum Gasteiger partial charge on any atom is -0.241 e. The molecule has 0 atom stereocenters. The molecule has 90 valence electrons. The second-order valence-electron chi connectivity index (χ2n) is 6.81. The molecule has 0 saturated carbocycles. The number of rotatable bonds is 1. The lowest BCUT2D eigenvalue weighted by molar-refractivity contribution is 0.402. The lowest BCUT2D eigenvalue weighted by Gasteiger charge is -2.22. The van der Waals surface area contributed by atoms with Crippen LogP contribution < -0.4 is 0 Å². The van der Waals surface area contributed by atoms with Gasteiger partial charge in [0.15, 0.2) is 0 Å². The monoisotopic (exact) mass is 220 g/mol. The molecule has 0 aliphatic rings. The lowest BCUT2D eigenvalue weighted by atomic mass is 9.88. The van der Waals surface area contributed by atoms with Crippen LogP contribution in [0.3, 0.4) is 0 Å². The Morgan fingerprint density at radius 3 is 2.06 bits per heavy atom. The number of aryl methyl sites for hydroxylation is 1. The van der Waals surface area contributed by atoms with Crippen LogP contribution >= 0.6 is 0 Å². The first-order valence-corrected chi connectivity index (χ1v) is 5.92. The van der Waals surface area contributed by atoms with Gasteiger partial charge in [-0.15, -0.1) is 0 Å². The molecule has 0 N–H and O–H groups in total. The van der Waals surface area contributed by atoms with E-state index >= 15 is 0 Å². The van der Waals surface area contributed by atoms with Crippen LogP contribution in [0.15, 0.2) is 6.20 Å². The van der Waals surface area contributed by atoms with E-state index in [9.17, 15) is 0 Å². The number of aromatic nitrogens is 2. The van der Waals surface area contributed by atoms with Gasteiger partial charge in [0.1, 0.15) is 5.82 Å². The maximum absolute atomic E-state index is 4.72. The summed E-state index contributed by atoms with van der Waals surface area (Å²) in [5.41, 5.74) is 2.68. The van der Waals surface area contributed by atoms with E-state index in [4.69, 9.17) is 4.98 Å². The molecule has 0 radical (unpaired) electrons. The number of hydrogen-bond donors (Lipinski definition) is 0. The van der Waals surface area contributed by atoms with Crippen LogP contribution in [0.4, 0.5) is 0 Å². The Morgan fingerprint density at radius 1 is 1.06 bits per heavy atom. The molecule has 0 bridgehead atoms. The highest BCUT2D eigenvalue weighted by molar-refractivity contribution is 5.19. The van der Waals surface area contributed by atoms with Gasteiger partial charge in [0.05, 0.1) is 0 Å². The van der Waals surface area contributed by atoms with Crippen molar-refractivity contribution in [1.29, 1.82) is 0 Å². The van der Waals surface area contributed by atoms with Crippen LogP contribution in [0.5, 0.6) is 0 Å². The van der Waals surface area contributed by atoms with Gasteiger partial charge >= 0.3 is 0 Å². The summed E-state index contributed by atoms with van der Waals surface area (Å²) in [6.07, 6.45) is 2.96. The Balaban J connectivity index is 3.10. The zero-order valence-electron chi connectivity index (χ0n) is 11.7. The first kappa shape index (κ1) is 13.1. The average Bonchev–Trinajstić information content (AvgIpc) is 2.04. The van der Waals surface area contributed by atoms with Crippen molar-refractivity contribution in [3.63, 3.8) is 0 Å². The SMILES string of the molecule is Cc1cnc(C(C)(C)C)nc1CC(C)(C)C. The minimum atomic E-state index is 0.0281. The van der Waals surface area contributed by atoms with E-state index in [1.807, 2.05) is 6.20 Å². The fraction of sp³-hybridized carbons (Fsp3) is 0.714. The summed E-state index contributed by atoms with van der Waals surface area (Å²) in [7, 11) is 0. The molecular weight excluding hydrogens is 196 g/mol. The Morgan fingerprint density at radius 2 is 1.62 bits per heavy atom. The van der Waals surface area contributed by atoms with Gasteiger partial charge in [-0.1, -0.05) is 41.5 Å². The Kier molecular flexibility index (Phi) is 3.41. The molecule has 2 heteroatoms. The Bertz CT molecular complexity index is 367. The third-order valence-corrected chi connectivity index (χ3v) is 2.45. The summed E-state index contributed by atoms with van der Waals surface area (Å²) in [4.78, 5) is 9.15. The van der Waals surface area contributed by atoms with Crippen molar-refractivity contribution in [2.75, 3.05) is 0 Å². The van der Waals surface area contributed by atoms with E-state index in [-0.39, 0.29) is 10.8 Å². The molecular formula is C14H24N2. The van der Waals surface area contributed by atoms with Gasteiger partial charge in [-0.3, -0.25) is 0 Å². The molecule has 0 aliphatic heterocycles. The molecule has 0 unspecified atom stereocenters. The molecule has 0 aliphatic carbocycles. The van der Waals surface area contributed by atoms with Crippen molar-refractivity contribution in [1.82, 2.24) is 9.97 Å². The summed E-state index contributed by atoms with van der Waals surface area (Å²) in [6, 6.07) is 0. The van der Waals surface area contributed by atoms with E-state index in [1.165, 1.54) is 11.3 Å². The quantitative estimate of drug-likeness (QED) is 0.721. The van der Waals surface area contributed by atoms with Crippen molar-refractivity contribution in [2.24, 2.45) is 5.41 Å². The molecule has 0 aromatic carbocycles. The van der Waals surface area contributed by atoms with Crippen molar-refractivity contribution in [2.45, 2.75) is 60.3 Å². The second kappa shape index (κ2) is 4.15. The van der Waals surface area contributed by atoms with Gasteiger partial charge in [-0.2, -0.15) is 0 Å². The van der Waals surface area contributed by atoms with E-state index in [1.54, 1.807) is 0 Å². The minimum absolute atomic E-state index is 0.0281. The predicted molar refractivity (Wildman–Crippen MR) is 68.6 cm³/mol. The van der Waals surface area contributed by atoms with E-state index in [2.05, 4.69) is 53.5 Å². The first-order chi connectivity index (χ1) is 7.09. The first-order valence-electron chi connectivity index (χ1n) is 5.92. The molecule has 1 aromatic rings. The molecule has 0 spiro atoms. The normalized spacial score (nSPS) is 12.9. The highest BCUT2D eigenvalue weighted by Gasteiger charge is 2.20. The van der Waals surface area contributed by atoms with Gasteiger partial charge < -0.3 is 0 Å². The number of nitrogens with zero attached hydrogens (tertiary/aromatic N) is 2. The maximum Gasteiger partial charge on any atom is 0.133 e. The number of hydrogen-bond acceptors (Lipinski definition) is 2. The molecule has 2 nitrogen and oxygen atoms in total. The third-order valence-electron chi connectivity index (χ3n) is 2.45. The third kappa shape index (κ3) is 3.58. The van der Waals surface area contributed by atoms with Gasteiger partial charge in [0, 0.05) is 17.3 Å². The van der Waals surface area contributed by atoms with Gasteiger partial charge in [0.2, 0.25) is 0 Å². The molecule has 1 heterocycles. The Hall–Kier alpha value is -0.920. The van der Waals surface area contributed by atoms with Crippen molar-refractivity contribution in [3.8, 4) is 0 Å². The topological polar surface area (TPSA) is 25.8 Å². The van der Waals surface area contributed by atoms with E-state index in [0.717, 1.165) is 12.2 Å².